The number of halogens is 1. The second-order valence-corrected chi connectivity index (χ2v) is 4.48. The van der Waals surface area contributed by atoms with Crippen molar-refractivity contribution in [2.45, 2.75) is 0 Å². The summed E-state index contributed by atoms with van der Waals surface area (Å²) in [4.78, 5) is 0. The van der Waals surface area contributed by atoms with Crippen molar-refractivity contribution >= 4 is 37.5 Å². The SMILES string of the molecule is Brc1cccc2ccc3ccccc3c12. The first-order chi connectivity index (χ1) is 7.36. The van der Waals surface area contributed by atoms with E-state index >= 15 is 0 Å². The molecular formula is C14H9Br. The fourth-order valence-corrected chi connectivity index (χ4v) is 2.61. The van der Waals surface area contributed by atoms with Crippen LogP contribution in [0.3, 0.4) is 0 Å². The van der Waals surface area contributed by atoms with Crippen molar-refractivity contribution in [1.82, 2.24) is 0 Å². The Morgan fingerprint density at radius 2 is 1.40 bits per heavy atom. The highest BCUT2D eigenvalue weighted by molar-refractivity contribution is 9.10. The molecule has 72 valence electrons. The maximum atomic E-state index is 3.62. The van der Waals surface area contributed by atoms with Crippen LogP contribution in [0.5, 0.6) is 0 Å². The minimum absolute atomic E-state index is 1.16. The highest BCUT2D eigenvalue weighted by atomic mass is 79.9. The van der Waals surface area contributed by atoms with Gasteiger partial charge in [-0.2, -0.15) is 0 Å². The van der Waals surface area contributed by atoms with Gasteiger partial charge in [-0.3, -0.25) is 0 Å². The molecule has 0 radical (unpaired) electrons. The molecule has 0 aliphatic heterocycles. The number of hydrogen-bond acceptors (Lipinski definition) is 0. The van der Waals surface area contributed by atoms with Crippen molar-refractivity contribution in [2.75, 3.05) is 0 Å². The fraction of sp³-hybridized carbons (Fsp3) is 0. The Labute approximate surface area is 96.7 Å². The number of hydrogen-bond donors (Lipinski definition) is 0. The van der Waals surface area contributed by atoms with E-state index in [4.69, 9.17) is 0 Å². The van der Waals surface area contributed by atoms with Gasteiger partial charge in [-0.25, -0.2) is 0 Å². The van der Waals surface area contributed by atoms with Crippen LogP contribution in [0.25, 0.3) is 21.5 Å². The van der Waals surface area contributed by atoms with Crippen molar-refractivity contribution in [3.63, 3.8) is 0 Å². The lowest BCUT2D eigenvalue weighted by Crippen LogP contribution is -1.78. The van der Waals surface area contributed by atoms with Crippen LogP contribution in [0.4, 0.5) is 0 Å². The molecule has 1 heteroatoms. The second-order valence-electron chi connectivity index (χ2n) is 3.62. The Bertz CT molecular complexity index is 641. The predicted octanol–water partition coefficient (Wildman–Crippen LogP) is 4.76. The zero-order chi connectivity index (χ0) is 10.3. The summed E-state index contributed by atoms with van der Waals surface area (Å²) in [6.45, 7) is 0. The zero-order valence-electron chi connectivity index (χ0n) is 8.07. The molecule has 0 heterocycles. The third kappa shape index (κ3) is 1.35. The summed E-state index contributed by atoms with van der Waals surface area (Å²) in [5.41, 5.74) is 0. The summed E-state index contributed by atoms with van der Waals surface area (Å²) in [5.74, 6) is 0. The van der Waals surface area contributed by atoms with Crippen molar-refractivity contribution in [2.24, 2.45) is 0 Å². The van der Waals surface area contributed by atoms with Gasteiger partial charge in [0.25, 0.3) is 0 Å². The van der Waals surface area contributed by atoms with Crippen molar-refractivity contribution in [3.05, 3.63) is 59.1 Å². The first-order valence-electron chi connectivity index (χ1n) is 4.92. The maximum absolute atomic E-state index is 3.62. The third-order valence-corrected chi connectivity index (χ3v) is 3.38. The summed E-state index contributed by atoms with van der Waals surface area (Å²) in [6, 6.07) is 19.1. The highest BCUT2D eigenvalue weighted by Gasteiger charge is 2.02. The predicted molar refractivity (Wildman–Crippen MR) is 69.2 cm³/mol. The number of fused-ring (bicyclic) bond motifs is 3. The molecule has 0 bridgehead atoms. The van der Waals surface area contributed by atoms with Crippen LogP contribution < -0.4 is 0 Å². The standard InChI is InChI=1S/C14H9Br/c15-13-7-3-5-11-9-8-10-4-1-2-6-12(10)14(11)13/h1-9H. The van der Waals surface area contributed by atoms with Crippen molar-refractivity contribution in [3.8, 4) is 0 Å². The molecule has 0 saturated heterocycles. The Kier molecular flexibility index (Phi) is 2.00. The molecule has 3 aromatic carbocycles. The summed E-state index contributed by atoms with van der Waals surface area (Å²) in [6.07, 6.45) is 0. The highest BCUT2D eigenvalue weighted by Crippen LogP contribution is 2.30. The van der Waals surface area contributed by atoms with Gasteiger partial charge in [0.05, 0.1) is 0 Å². The van der Waals surface area contributed by atoms with Crippen LogP contribution >= 0.6 is 15.9 Å². The average Bonchev–Trinajstić information content (AvgIpc) is 2.29. The van der Waals surface area contributed by atoms with E-state index in [0.29, 0.717) is 0 Å². The molecular weight excluding hydrogens is 248 g/mol. The zero-order valence-corrected chi connectivity index (χ0v) is 9.66. The molecule has 15 heavy (non-hydrogen) atoms. The largest absolute Gasteiger partial charge is 0.0616 e. The molecule has 0 N–H and O–H groups in total. The van der Waals surface area contributed by atoms with Gasteiger partial charge in [-0.05, 0) is 22.2 Å². The molecule has 0 spiro atoms. The fourth-order valence-electron chi connectivity index (χ4n) is 2.01. The summed E-state index contributed by atoms with van der Waals surface area (Å²) < 4.78 is 1.16. The van der Waals surface area contributed by atoms with Gasteiger partial charge in [0.1, 0.15) is 0 Å². The van der Waals surface area contributed by atoms with E-state index in [2.05, 4.69) is 70.5 Å². The van der Waals surface area contributed by atoms with E-state index in [1.54, 1.807) is 0 Å². The summed E-state index contributed by atoms with van der Waals surface area (Å²) in [7, 11) is 0. The topological polar surface area (TPSA) is 0 Å². The minimum Gasteiger partial charge on any atom is -0.0616 e. The molecule has 0 nitrogen and oxygen atoms in total. The van der Waals surface area contributed by atoms with E-state index in [0.717, 1.165) is 4.47 Å². The lowest BCUT2D eigenvalue weighted by molar-refractivity contribution is 1.73. The van der Waals surface area contributed by atoms with Crippen LogP contribution in [-0.2, 0) is 0 Å². The molecule has 0 aliphatic carbocycles. The van der Waals surface area contributed by atoms with E-state index in [-0.39, 0.29) is 0 Å². The molecule has 0 saturated carbocycles. The molecule has 0 aliphatic rings. The van der Waals surface area contributed by atoms with Crippen molar-refractivity contribution in [1.29, 1.82) is 0 Å². The Hall–Kier alpha value is -1.34. The first kappa shape index (κ1) is 8.93. The Balaban J connectivity index is 2.64. The normalized spacial score (nSPS) is 11.0. The van der Waals surface area contributed by atoms with E-state index < -0.39 is 0 Å². The van der Waals surface area contributed by atoms with Gasteiger partial charge < -0.3 is 0 Å². The Morgan fingerprint density at radius 3 is 2.33 bits per heavy atom. The molecule has 0 fully saturated rings. The van der Waals surface area contributed by atoms with Crippen LogP contribution in [0.2, 0.25) is 0 Å². The Morgan fingerprint density at radius 1 is 0.667 bits per heavy atom. The van der Waals surface area contributed by atoms with Crippen molar-refractivity contribution < 1.29 is 0 Å². The minimum atomic E-state index is 1.16. The van der Waals surface area contributed by atoms with Gasteiger partial charge in [-0.15, -0.1) is 0 Å². The lowest BCUT2D eigenvalue weighted by atomic mass is 10.0. The number of benzene rings is 3. The molecule has 0 aromatic heterocycles. The van der Waals surface area contributed by atoms with E-state index in [9.17, 15) is 0 Å². The third-order valence-electron chi connectivity index (χ3n) is 2.72. The van der Waals surface area contributed by atoms with Crippen LogP contribution in [-0.4, -0.2) is 0 Å². The smallest absolute Gasteiger partial charge is 0.0259 e. The average molecular weight is 257 g/mol. The quantitative estimate of drug-likeness (QED) is 0.509. The molecule has 0 unspecified atom stereocenters. The summed E-state index contributed by atoms with van der Waals surface area (Å²) in [5, 5.41) is 5.18. The van der Waals surface area contributed by atoms with Gasteiger partial charge in [0.15, 0.2) is 0 Å². The lowest BCUT2D eigenvalue weighted by Gasteiger charge is -2.05. The van der Waals surface area contributed by atoms with Crippen LogP contribution in [0.15, 0.2) is 59.1 Å². The van der Waals surface area contributed by atoms with Crippen LogP contribution in [0.1, 0.15) is 0 Å². The van der Waals surface area contributed by atoms with E-state index in [1.807, 2.05) is 0 Å². The molecule has 0 atom stereocenters. The van der Waals surface area contributed by atoms with Gasteiger partial charge in [0, 0.05) is 9.86 Å². The van der Waals surface area contributed by atoms with Gasteiger partial charge in [-0.1, -0.05) is 64.5 Å². The maximum Gasteiger partial charge on any atom is 0.0259 e. The second kappa shape index (κ2) is 3.35. The molecule has 0 amide bonds. The van der Waals surface area contributed by atoms with Gasteiger partial charge in [0.2, 0.25) is 0 Å². The molecule has 3 rings (SSSR count). The first-order valence-corrected chi connectivity index (χ1v) is 5.71. The van der Waals surface area contributed by atoms with Gasteiger partial charge >= 0.3 is 0 Å². The molecule has 3 aromatic rings. The number of rotatable bonds is 0. The van der Waals surface area contributed by atoms with Crippen LogP contribution in [0, 0.1) is 0 Å². The summed E-state index contributed by atoms with van der Waals surface area (Å²) >= 11 is 3.62. The monoisotopic (exact) mass is 256 g/mol. The van der Waals surface area contributed by atoms with E-state index in [1.165, 1.54) is 21.5 Å².